The molecule has 0 saturated carbocycles. The zero-order chi connectivity index (χ0) is 8.27. The topological polar surface area (TPSA) is 36.4 Å². The highest BCUT2D eigenvalue weighted by Gasteiger charge is 1.96. The molecule has 11 heavy (non-hydrogen) atoms. The molecule has 0 spiro atoms. The standard InChI is InChI=1S/C7H9BrN2O/c1-10(11)5-7-3-2-6(8)4-9-7/h2-4,11H,5H2,1H3. The minimum atomic E-state index is 0.452. The summed E-state index contributed by atoms with van der Waals surface area (Å²) in [5.74, 6) is 0. The molecule has 0 saturated heterocycles. The molecule has 3 nitrogen and oxygen atoms in total. The number of aromatic nitrogens is 1. The largest absolute Gasteiger partial charge is 0.314 e. The van der Waals surface area contributed by atoms with Crippen molar-refractivity contribution in [2.75, 3.05) is 7.05 Å². The van der Waals surface area contributed by atoms with Gasteiger partial charge in [0.2, 0.25) is 0 Å². The van der Waals surface area contributed by atoms with E-state index in [9.17, 15) is 0 Å². The van der Waals surface area contributed by atoms with Crippen LogP contribution in [-0.2, 0) is 6.54 Å². The molecule has 0 fully saturated rings. The maximum absolute atomic E-state index is 8.86. The fourth-order valence-electron chi connectivity index (χ4n) is 0.734. The van der Waals surface area contributed by atoms with Crippen LogP contribution in [0.15, 0.2) is 22.8 Å². The van der Waals surface area contributed by atoms with Gasteiger partial charge in [-0.3, -0.25) is 4.98 Å². The van der Waals surface area contributed by atoms with Crippen LogP contribution in [-0.4, -0.2) is 22.3 Å². The third-order valence-electron chi connectivity index (χ3n) is 1.18. The molecule has 0 bridgehead atoms. The average molecular weight is 217 g/mol. The first-order valence-corrected chi connectivity index (χ1v) is 3.98. The maximum Gasteiger partial charge on any atom is 0.0658 e. The number of hydrogen-bond acceptors (Lipinski definition) is 3. The predicted molar refractivity (Wildman–Crippen MR) is 45.2 cm³/mol. The van der Waals surface area contributed by atoms with E-state index in [0.29, 0.717) is 6.54 Å². The van der Waals surface area contributed by atoms with E-state index in [1.165, 1.54) is 0 Å². The Kier molecular flexibility index (Phi) is 2.99. The van der Waals surface area contributed by atoms with E-state index < -0.39 is 0 Å². The molecule has 0 aliphatic carbocycles. The van der Waals surface area contributed by atoms with Gasteiger partial charge in [0.15, 0.2) is 0 Å². The van der Waals surface area contributed by atoms with Crippen LogP contribution in [0, 0.1) is 0 Å². The first kappa shape index (κ1) is 8.64. The molecule has 0 radical (unpaired) electrons. The van der Waals surface area contributed by atoms with Crippen molar-refractivity contribution in [3.05, 3.63) is 28.5 Å². The summed E-state index contributed by atoms with van der Waals surface area (Å²) in [6.07, 6.45) is 1.71. The van der Waals surface area contributed by atoms with Crippen molar-refractivity contribution >= 4 is 15.9 Å². The van der Waals surface area contributed by atoms with Crippen LogP contribution in [0.5, 0.6) is 0 Å². The van der Waals surface area contributed by atoms with Gasteiger partial charge >= 0.3 is 0 Å². The van der Waals surface area contributed by atoms with E-state index in [1.54, 1.807) is 13.2 Å². The SMILES string of the molecule is CN(O)Cc1ccc(Br)cn1. The van der Waals surface area contributed by atoms with Gasteiger partial charge in [0.25, 0.3) is 0 Å². The van der Waals surface area contributed by atoms with Gasteiger partial charge in [-0.25, -0.2) is 0 Å². The minimum Gasteiger partial charge on any atom is -0.314 e. The lowest BCUT2D eigenvalue weighted by atomic mass is 10.3. The molecular weight excluding hydrogens is 208 g/mol. The minimum absolute atomic E-state index is 0.452. The van der Waals surface area contributed by atoms with E-state index in [-0.39, 0.29) is 0 Å². The van der Waals surface area contributed by atoms with Gasteiger partial charge < -0.3 is 5.21 Å². The zero-order valence-corrected chi connectivity index (χ0v) is 7.74. The van der Waals surface area contributed by atoms with Crippen LogP contribution < -0.4 is 0 Å². The molecule has 0 aromatic carbocycles. The molecule has 1 aromatic rings. The van der Waals surface area contributed by atoms with Crippen LogP contribution in [0.3, 0.4) is 0 Å². The van der Waals surface area contributed by atoms with Crippen molar-refractivity contribution in [1.29, 1.82) is 0 Å². The van der Waals surface area contributed by atoms with E-state index in [0.717, 1.165) is 15.2 Å². The highest BCUT2D eigenvalue weighted by atomic mass is 79.9. The molecular formula is C7H9BrN2O. The summed E-state index contributed by atoms with van der Waals surface area (Å²) >= 11 is 3.27. The van der Waals surface area contributed by atoms with Crippen molar-refractivity contribution in [2.24, 2.45) is 0 Å². The Hall–Kier alpha value is -0.450. The lowest BCUT2D eigenvalue weighted by Gasteiger charge is -2.05. The fraction of sp³-hybridized carbons (Fsp3) is 0.286. The molecule has 0 aliphatic rings. The number of nitrogens with zero attached hydrogens (tertiary/aromatic N) is 2. The quantitative estimate of drug-likeness (QED) is 0.765. The molecule has 0 unspecified atom stereocenters. The Morgan fingerprint density at radius 2 is 2.36 bits per heavy atom. The zero-order valence-electron chi connectivity index (χ0n) is 6.16. The Morgan fingerprint density at radius 1 is 1.64 bits per heavy atom. The second-order valence-electron chi connectivity index (χ2n) is 2.28. The summed E-state index contributed by atoms with van der Waals surface area (Å²) in [6.45, 7) is 0.452. The molecule has 0 atom stereocenters. The van der Waals surface area contributed by atoms with Crippen LogP contribution in [0.2, 0.25) is 0 Å². The Balaban J connectivity index is 2.66. The van der Waals surface area contributed by atoms with Gasteiger partial charge in [-0.1, -0.05) is 0 Å². The third kappa shape index (κ3) is 2.96. The Bertz CT molecular complexity index is 222. The van der Waals surface area contributed by atoms with Crippen molar-refractivity contribution in [3.8, 4) is 0 Å². The summed E-state index contributed by atoms with van der Waals surface area (Å²) in [4.78, 5) is 4.07. The number of rotatable bonds is 2. The first-order valence-electron chi connectivity index (χ1n) is 3.19. The second kappa shape index (κ2) is 3.80. The van der Waals surface area contributed by atoms with Gasteiger partial charge in [0.1, 0.15) is 0 Å². The number of halogens is 1. The molecule has 1 rings (SSSR count). The molecule has 4 heteroatoms. The summed E-state index contributed by atoms with van der Waals surface area (Å²) in [7, 11) is 1.59. The van der Waals surface area contributed by atoms with Crippen LogP contribution in [0.4, 0.5) is 0 Å². The molecule has 0 amide bonds. The summed E-state index contributed by atoms with van der Waals surface area (Å²) in [5.41, 5.74) is 0.846. The molecule has 1 heterocycles. The average Bonchev–Trinajstić information content (AvgIpc) is 1.93. The molecule has 1 aromatic heterocycles. The summed E-state index contributed by atoms with van der Waals surface area (Å²) in [5, 5.41) is 9.95. The molecule has 0 aliphatic heterocycles. The molecule has 60 valence electrons. The monoisotopic (exact) mass is 216 g/mol. The summed E-state index contributed by atoms with van der Waals surface area (Å²) in [6, 6.07) is 3.75. The Morgan fingerprint density at radius 3 is 2.82 bits per heavy atom. The van der Waals surface area contributed by atoms with Crippen LogP contribution in [0.1, 0.15) is 5.69 Å². The molecule has 1 N–H and O–H groups in total. The smallest absolute Gasteiger partial charge is 0.0658 e. The van der Waals surface area contributed by atoms with Crippen molar-refractivity contribution in [3.63, 3.8) is 0 Å². The highest BCUT2D eigenvalue weighted by molar-refractivity contribution is 9.10. The summed E-state index contributed by atoms with van der Waals surface area (Å²) < 4.78 is 0.946. The van der Waals surface area contributed by atoms with Crippen molar-refractivity contribution in [1.82, 2.24) is 10.0 Å². The van der Waals surface area contributed by atoms with Crippen molar-refractivity contribution in [2.45, 2.75) is 6.54 Å². The third-order valence-corrected chi connectivity index (χ3v) is 1.65. The first-order chi connectivity index (χ1) is 5.18. The number of pyridine rings is 1. The van der Waals surface area contributed by atoms with E-state index in [1.807, 2.05) is 12.1 Å². The van der Waals surface area contributed by atoms with Crippen LogP contribution in [0.25, 0.3) is 0 Å². The van der Waals surface area contributed by atoms with Gasteiger partial charge in [0, 0.05) is 17.7 Å². The van der Waals surface area contributed by atoms with E-state index >= 15 is 0 Å². The Labute approximate surface area is 73.8 Å². The van der Waals surface area contributed by atoms with Crippen LogP contribution >= 0.6 is 15.9 Å². The highest BCUT2D eigenvalue weighted by Crippen LogP contribution is 2.07. The second-order valence-corrected chi connectivity index (χ2v) is 3.20. The lowest BCUT2D eigenvalue weighted by Crippen LogP contribution is -2.12. The van der Waals surface area contributed by atoms with E-state index in [4.69, 9.17) is 5.21 Å². The number of hydrogen-bond donors (Lipinski definition) is 1. The lowest BCUT2D eigenvalue weighted by molar-refractivity contribution is -0.0740. The van der Waals surface area contributed by atoms with Gasteiger partial charge in [0.05, 0.1) is 12.2 Å². The van der Waals surface area contributed by atoms with Gasteiger partial charge in [-0.05, 0) is 28.1 Å². The normalized spacial score (nSPS) is 10.5. The fourth-order valence-corrected chi connectivity index (χ4v) is 0.969. The van der Waals surface area contributed by atoms with E-state index in [2.05, 4.69) is 20.9 Å². The number of hydroxylamine groups is 2. The maximum atomic E-state index is 8.86. The van der Waals surface area contributed by atoms with Gasteiger partial charge in [-0.15, -0.1) is 0 Å². The van der Waals surface area contributed by atoms with Gasteiger partial charge in [-0.2, -0.15) is 5.06 Å². The van der Waals surface area contributed by atoms with Crippen molar-refractivity contribution < 1.29 is 5.21 Å². The predicted octanol–water partition coefficient (Wildman–Crippen LogP) is 1.67.